The molecule has 9 heterocycles. The summed E-state index contributed by atoms with van der Waals surface area (Å²) in [6.07, 6.45) is 6.88. The minimum absolute atomic E-state index is 0.0140. The van der Waals surface area contributed by atoms with Gasteiger partial charge in [-0.1, -0.05) is 0 Å². The molecule has 8 aromatic rings. The maximum atomic E-state index is 13.2. The lowest BCUT2D eigenvalue weighted by Gasteiger charge is -2.06. The van der Waals surface area contributed by atoms with Gasteiger partial charge < -0.3 is 39.5 Å². The molecule has 19 nitrogen and oxygen atoms in total. The van der Waals surface area contributed by atoms with Crippen molar-refractivity contribution in [2.24, 2.45) is 0 Å². The van der Waals surface area contributed by atoms with E-state index >= 15 is 0 Å². The van der Waals surface area contributed by atoms with Gasteiger partial charge in [-0.05, 0) is 6.92 Å². The number of alkyl halides is 3. The Bertz CT molecular complexity index is 2650. The van der Waals surface area contributed by atoms with Crippen LogP contribution in [0, 0.1) is 6.92 Å². The lowest BCUT2D eigenvalue weighted by molar-refractivity contribution is -0.0506. The van der Waals surface area contributed by atoms with E-state index in [1.165, 1.54) is 25.1 Å². The number of oxazole rings is 8. The summed E-state index contributed by atoms with van der Waals surface area (Å²) >= 11 is 0. The van der Waals surface area contributed by atoms with Gasteiger partial charge in [-0.2, -0.15) is 26.6 Å². The van der Waals surface area contributed by atoms with E-state index in [1.807, 2.05) is 0 Å². The van der Waals surface area contributed by atoms with Crippen LogP contribution in [0.1, 0.15) is 5.76 Å². The summed E-state index contributed by atoms with van der Waals surface area (Å²) in [7, 11) is -6.24. The van der Waals surface area contributed by atoms with E-state index in [0.717, 1.165) is 12.5 Å². The molecule has 0 saturated carbocycles. The largest absolute Gasteiger partial charge is 0.534 e. The fourth-order valence-corrected chi connectivity index (χ4v) is 4.79. The van der Waals surface area contributed by atoms with Gasteiger partial charge >= 0.3 is 21.6 Å². The molecule has 1 aliphatic rings. The van der Waals surface area contributed by atoms with Gasteiger partial charge in [-0.25, -0.2) is 34.9 Å². The highest BCUT2D eigenvalue weighted by molar-refractivity contribution is 7.88. The average molecular weight is 698 g/mol. The molecule has 0 atom stereocenters. The van der Waals surface area contributed by atoms with E-state index in [-0.39, 0.29) is 75.2 Å². The first-order valence-electron chi connectivity index (χ1n) is 13.2. The Hall–Kier alpha value is -6.78. The highest BCUT2D eigenvalue weighted by Gasteiger charge is 2.50. The van der Waals surface area contributed by atoms with Gasteiger partial charge in [0.25, 0.3) is 11.8 Å². The van der Waals surface area contributed by atoms with Crippen molar-refractivity contribution in [3.8, 4) is 98.6 Å². The maximum Gasteiger partial charge on any atom is 0.534 e. The number of hydrogen-bond donors (Lipinski definition) is 0. The van der Waals surface area contributed by atoms with Crippen LogP contribution in [0.2, 0.25) is 0 Å². The molecule has 246 valence electrons. The molecule has 0 unspecified atom stereocenters. The van der Waals surface area contributed by atoms with E-state index < -0.39 is 39.0 Å². The SMILES string of the molecule is Cc1oc2nc1-c1nc(co1)-c1nc(co1)-c1nc(co1)-c1nc(c(OS(=O)(=O)C(F)(F)F)o1)-c1nc(co1)-c1nc(co1)-c1nc-2co1. The Kier molecular flexibility index (Phi) is 5.73. The van der Waals surface area contributed by atoms with E-state index in [9.17, 15) is 21.6 Å². The zero-order valence-corrected chi connectivity index (χ0v) is 24.4. The number of hydrogen-bond acceptors (Lipinski definition) is 19. The van der Waals surface area contributed by atoms with Gasteiger partial charge in [-0.3, -0.25) is 0 Å². The van der Waals surface area contributed by atoms with Crippen LogP contribution < -0.4 is 4.18 Å². The van der Waals surface area contributed by atoms with E-state index in [1.54, 1.807) is 6.92 Å². The second-order valence-electron chi connectivity index (χ2n) is 9.79. The van der Waals surface area contributed by atoms with E-state index in [0.29, 0.717) is 5.76 Å². The predicted octanol–water partition coefficient (Wildman–Crippen LogP) is 5.78. The Morgan fingerprint density at radius 3 is 1.31 bits per heavy atom. The van der Waals surface area contributed by atoms with Crippen LogP contribution in [-0.4, -0.2) is 53.8 Å². The van der Waals surface area contributed by atoms with Crippen LogP contribution >= 0.6 is 0 Å². The first kappa shape index (κ1) is 28.4. The van der Waals surface area contributed by atoms with Gasteiger partial charge in [0.2, 0.25) is 41.0 Å². The van der Waals surface area contributed by atoms with Crippen molar-refractivity contribution in [3.05, 3.63) is 43.3 Å². The number of nitrogens with zero attached hydrogens (tertiary/aromatic N) is 8. The van der Waals surface area contributed by atoms with Gasteiger partial charge in [0, 0.05) is 0 Å². The summed E-state index contributed by atoms with van der Waals surface area (Å²) in [4.78, 5) is 33.9. The second-order valence-corrected chi connectivity index (χ2v) is 11.3. The Morgan fingerprint density at radius 2 is 0.857 bits per heavy atom. The third-order valence-electron chi connectivity index (χ3n) is 6.61. The fourth-order valence-electron chi connectivity index (χ4n) is 4.38. The first-order chi connectivity index (χ1) is 23.5. The van der Waals surface area contributed by atoms with Crippen molar-refractivity contribution < 1.29 is 61.1 Å². The van der Waals surface area contributed by atoms with Crippen LogP contribution in [0.5, 0.6) is 5.95 Å². The van der Waals surface area contributed by atoms with Crippen LogP contribution in [0.25, 0.3) is 92.7 Å². The molecular formula is C26H9F3N8O11S. The maximum absolute atomic E-state index is 13.2. The third kappa shape index (κ3) is 4.61. The number of fused-ring (bicyclic) bond motifs is 24. The molecular weight excluding hydrogens is 689 g/mol. The average Bonchev–Trinajstić information content (AvgIpc) is 3.90. The lowest BCUT2D eigenvalue weighted by Crippen LogP contribution is -2.28. The van der Waals surface area contributed by atoms with Crippen LogP contribution in [0.3, 0.4) is 0 Å². The van der Waals surface area contributed by atoms with Gasteiger partial charge in [0.1, 0.15) is 43.3 Å². The molecule has 0 N–H and O–H groups in total. The Morgan fingerprint density at radius 1 is 0.510 bits per heavy atom. The summed E-state index contributed by atoms with van der Waals surface area (Å²) in [5.41, 5.74) is -6.08. The van der Waals surface area contributed by atoms with Crippen molar-refractivity contribution in [1.29, 1.82) is 0 Å². The summed E-state index contributed by atoms with van der Waals surface area (Å²) in [6.45, 7) is 1.64. The minimum atomic E-state index is -6.24. The van der Waals surface area contributed by atoms with Crippen molar-refractivity contribution in [2.45, 2.75) is 12.4 Å². The van der Waals surface area contributed by atoms with Crippen molar-refractivity contribution in [3.63, 3.8) is 0 Å². The zero-order valence-electron chi connectivity index (χ0n) is 23.6. The number of halogens is 3. The first-order valence-corrected chi connectivity index (χ1v) is 14.6. The van der Waals surface area contributed by atoms with Crippen molar-refractivity contribution in [2.75, 3.05) is 0 Å². The van der Waals surface area contributed by atoms with Gasteiger partial charge in [0.15, 0.2) is 39.9 Å². The molecule has 0 fully saturated rings. The highest BCUT2D eigenvalue weighted by atomic mass is 32.2. The Balaban J connectivity index is 1.19. The standard InChI is InChI=1S/C26H9F3N8O11S/c1-8-15-23-34-11(4-44-23)19-30-10(3-40-19)18-33-14(7-43-18)22-37-16(25(47-22)48-49(38,39)26(27,28)29)24-35-12(5-45-24)20-31-9(2-41-20)17-32-13(6-42-17)21(36-15)46-8/h2-7H,1H3. The third-order valence-corrected chi connectivity index (χ3v) is 7.54. The molecule has 0 aromatic carbocycles. The van der Waals surface area contributed by atoms with E-state index in [2.05, 4.69) is 44.1 Å². The molecule has 9 rings (SSSR count). The van der Waals surface area contributed by atoms with Crippen LogP contribution in [0.15, 0.2) is 72.9 Å². The highest BCUT2D eigenvalue weighted by Crippen LogP contribution is 2.39. The molecule has 0 spiro atoms. The smallest absolute Gasteiger partial charge is 0.442 e. The van der Waals surface area contributed by atoms with Crippen LogP contribution in [-0.2, 0) is 10.1 Å². The number of rotatable bonds is 2. The fraction of sp³-hybridized carbons (Fsp3) is 0.0769. The van der Waals surface area contributed by atoms with Gasteiger partial charge in [-0.15, -0.1) is 0 Å². The number of aromatic nitrogens is 8. The molecule has 0 amide bonds. The molecule has 0 saturated heterocycles. The molecule has 23 heteroatoms. The number of aryl methyl sites for hydroxylation is 1. The molecule has 0 aliphatic carbocycles. The molecule has 1 aliphatic heterocycles. The molecule has 49 heavy (non-hydrogen) atoms. The van der Waals surface area contributed by atoms with Crippen molar-refractivity contribution >= 4 is 10.1 Å². The van der Waals surface area contributed by atoms with E-state index in [4.69, 9.17) is 35.3 Å². The summed E-state index contributed by atoms with van der Waals surface area (Å²) in [5.74, 6) is -2.19. The summed E-state index contributed by atoms with van der Waals surface area (Å²) in [6, 6.07) is 0. The minimum Gasteiger partial charge on any atom is -0.442 e. The van der Waals surface area contributed by atoms with Crippen molar-refractivity contribution in [1.82, 2.24) is 39.9 Å². The van der Waals surface area contributed by atoms with Gasteiger partial charge in [0.05, 0.1) is 0 Å². The Labute approximate surface area is 265 Å². The summed E-state index contributed by atoms with van der Waals surface area (Å²) in [5, 5.41) is 0. The normalized spacial score (nSPS) is 12.7. The second kappa shape index (κ2) is 9.86. The summed E-state index contributed by atoms with van der Waals surface area (Å²) < 4.78 is 112. The topological polar surface area (TPSA) is 252 Å². The molecule has 8 aromatic heterocycles. The molecule has 0 radical (unpaired) electrons. The molecule has 16 bridgehead atoms. The monoisotopic (exact) mass is 698 g/mol. The quantitative estimate of drug-likeness (QED) is 0.153. The lowest BCUT2D eigenvalue weighted by atomic mass is 10.3. The van der Waals surface area contributed by atoms with Crippen LogP contribution in [0.4, 0.5) is 13.2 Å². The predicted molar refractivity (Wildman–Crippen MR) is 144 cm³/mol. The zero-order chi connectivity index (χ0) is 33.7.